The number of nitrogens with zero attached hydrogens (tertiary/aromatic N) is 1. The molecule has 1 amide bonds. The normalized spacial score (nSPS) is 10.9. The van der Waals surface area contributed by atoms with Gasteiger partial charge in [0.1, 0.15) is 15.5 Å². The van der Waals surface area contributed by atoms with E-state index in [1.807, 2.05) is 12.1 Å². The Kier molecular flexibility index (Phi) is 4.76. The van der Waals surface area contributed by atoms with Gasteiger partial charge in [0.2, 0.25) is 0 Å². The quantitative estimate of drug-likeness (QED) is 0.738. The molecule has 0 bridgehead atoms. The van der Waals surface area contributed by atoms with Crippen molar-refractivity contribution < 1.29 is 9.18 Å². The van der Waals surface area contributed by atoms with Gasteiger partial charge in [0.25, 0.3) is 5.91 Å². The molecule has 2 heterocycles. The zero-order valence-electron chi connectivity index (χ0n) is 13.3. The Hall–Kier alpha value is -2.47. The van der Waals surface area contributed by atoms with Gasteiger partial charge in [-0.05, 0) is 36.2 Å². The molecule has 0 spiro atoms. The number of benzene rings is 1. The first-order valence-corrected chi connectivity index (χ1v) is 8.60. The van der Waals surface area contributed by atoms with Crippen molar-refractivity contribution in [1.29, 1.82) is 0 Å². The fraction of sp³-hybridized carbons (Fsp3) is 0.222. The number of nitrogens with one attached hydrogen (secondary N) is 1. The molecule has 0 fully saturated rings. The van der Waals surface area contributed by atoms with Gasteiger partial charge in [-0.15, -0.1) is 11.3 Å². The molecule has 2 aromatic heterocycles. The minimum atomic E-state index is -0.298. The number of rotatable bonds is 5. The summed E-state index contributed by atoms with van der Waals surface area (Å²) in [7, 11) is 0. The lowest BCUT2D eigenvalue weighted by molar-refractivity contribution is 0.0956. The first-order chi connectivity index (χ1) is 11.6. The molecule has 1 aromatic carbocycles. The van der Waals surface area contributed by atoms with E-state index in [0.29, 0.717) is 17.1 Å². The largest absolute Gasteiger partial charge is 0.397 e. The van der Waals surface area contributed by atoms with E-state index in [4.69, 9.17) is 5.73 Å². The molecule has 124 valence electrons. The molecule has 0 aliphatic carbocycles. The predicted molar refractivity (Wildman–Crippen MR) is 95.6 cm³/mol. The van der Waals surface area contributed by atoms with Crippen LogP contribution in [-0.4, -0.2) is 10.9 Å². The fourth-order valence-electron chi connectivity index (χ4n) is 2.46. The van der Waals surface area contributed by atoms with Crippen LogP contribution in [0, 0.1) is 5.82 Å². The van der Waals surface area contributed by atoms with E-state index in [1.165, 1.54) is 23.5 Å². The number of carbonyl (C=O) groups is 1. The van der Waals surface area contributed by atoms with Crippen molar-refractivity contribution in [2.45, 2.75) is 26.3 Å². The van der Waals surface area contributed by atoms with Gasteiger partial charge in [-0.3, -0.25) is 4.79 Å². The molecule has 3 rings (SSSR count). The first kappa shape index (κ1) is 16.4. The molecule has 3 aromatic rings. The van der Waals surface area contributed by atoms with E-state index in [0.717, 1.165) is 34.3 Å². The minimum absolute atomic E-state index is 0.239. The molecule has 0 saturated carbocycles. The molecule has 0 aliphatic heterocycles. The molecular formula is C18H18FN3OS. The molecule has 0 atom stereocenters. The lowest BCUT2D eigenvalue weighted by atomic mass is 10.2. The molecule has 0 unspecified atom stereocenters. The lowest BCUT2D eigenvalue weighted by Gasteiger charge is -2.04. The molecule has 4 nitrogen and oxygen atoms in total. The zero-order chi connectivity index (χ0) is 17.1. The summed E-state index contributed by atoms with van der Waals surface area (Å²) in [6.45, 7) is 2.42. The molecule has 6 heteroatoms. The number of halogens is 1. The van der Waals surface area contributed by atoms with E-state index in [-0.39, 0.29) is 11.7 Å². The molecule has 0 aliphatic rings. The average Bonchev–Trinajstić information content (AvgIpc) is 2.91. The number of hydrogen-bond donors (Lipinski definition) is 2. The Morgan fingerprint density at radius 1 is 1.25 bits per heavy atom. The van der Waals surface area contributed by atoms with E-state index in [9.17, 15) is 9.18 Å². The number of fused-ring (bicyclic) bond motifs is 1. The predicted octanol–water partition coefficient (Wildman–Crippen LogP) is 3.90. The summed E-state index contributed by atoms with van der Waals surface area (Å²) in [5.41, 5.74) is 8.40. The van der Waals surface area contributed by atoms with Gasteiger partial charge in [0.15, 0.2) is 0 Å². The third-order valence-corrected chi connectivity index (χ3v) is 4.84. The highest BCUT2D eigenvalue weighted by atomic mass is 32.1. The molecular weight excluding hydrogens is 325 g/mol. The van der Waals surface area contributed by atoms with E-state index >= 15 is 0 Å². The van der Waals surface area contributed by atoms with Gasteiger partial charge >= 0.3 is 0 Å². The second kappa shape index (κ2) is 6.97. The van der Waals surface area contributed by atoms with E-state index in [2.05, 4.69) is 17.2 Å². The summed E-state index contributed by atoms with van der Waals surface area (Å²) in [4.78, 5) is 18.2. The molecule has 3 N–H and O–H groups in total. The number of hydrogen-bond acceptors (Lipinski definition) is 4. The van der Waals surface area contributed by atoms with Crippen LogP contribution < -0.4 is 11.1 Å². The topological polar surface area (TPSA) is 68.0 Å². The first-order valence-electron chi connectivity index (χ1n) is 7.79. The van der Waals surface area contributed by atoms with Gasteiger partial charge < -0.3 is 11.1 Å². The number of aryl methyl sites for hydroxylation is 1. The van der Waals surface area contributed by atoms with E-state index < -0.39 is 0 Å². The van der Waals surface area contributed by atoms with Crippen molar-refractivity contribution in [3.05, 3.63) is 58.3 Å². The van der Waals surface area contributed by atoms with Crippen LogP contribution in [-0.2, 0) is 13.0 Å². The van der Waals surface area contributed by atoms with Gasteiger partial charge in [-0.25, -0.2) is 9.37 Å². The second-order valence-electron chi connectivity index (χ2n) is 5.56. The maximum absolute atomic E-state index is 12.9. The SMILES string of the molecule is CCCc1ccc2c(N)c(C(=O)NCc3ccc(F)cc3)sc2n1. The van der Waals surface area contributed by atoms with Gasteiger partial charge in [0.05, 0.1) is 5.69 Å². The van der Waals surface area contributed by atoms with Crippen molar-refractivity contribution in [1.82, 2.24) is 10.3 Å². The summed E-state index contributed by atoms with van der Waals surface area (Å²) in [6.07, 6.45) is 1.92. The maximum Gasteiger partial charge on any atom is 0.263 e. The number of thiophene rings is 1. The van der Waals surface area contributed by atoms with Crippen molar-refractivity contribution in [3.8, 4) is 0 Å². The Balaban J connectivity index is 1.78. The number of nitrogen functional groups attached to an aromatic ring is 1. The van der Waals surface area contributed by atoms with Crippen molar-refractivity contribution in [2.75, 3.05) is 5.73 Å². The summed E-state index contributed by atoms with van der Waals surface area (Å²) in [6, 6.07) is 9.90. The van der Waals surface area contributed by atoms with E-state index in [1.54, 1.807) is 12.1 Å². The van der Waals surface area contributed by atoms with Crippen LogP contribution in [0.4, 0.5) is 10.1 Å². The zero-order valence-corrected chi connectivity index (χ0v) is 14.1. The maximum atomic E-state index is 12.9. The fourth-order valence-corrected chi connectivity index (χ4v) is 3.49. The standard InChI is InChI=1S/C18H18FN3OS/c1-2-3-13-8-9-14-15(20)16(24-18(14)22-13)17(23)21-10-11-4-6-12(19)7-5-11/h4-9H,2-3,10,20H2,1H3,(H,21,23). The molecule has 24 heavy (non-hydrogen) atoms. The lowest BCUT2D eigenvalue weighted by Crippen LogP contribution is -2.22. The number of amides is 1. The second-order valence-corrected chi connectivity index (χ2v) is 6.56. The van der Waals surface area contributed by atoms with Crippen molar-refractivity contribution in [2.24, 2.45) is 0 Å². The van der Waals surface area contributed by atoms with Gasteiger partial charge in [0, 0.05) is 17.6 Å². The highest BCUT2D eigenvalue weighted by molar-refractivity contribution is 7.21. The number of aromatic nitrogens is 1. The summed E-state index contributed by atoms with van der Waals surface area (Å²) in [5.74, 6) is -0.537. The van der Waals surface area contributed by atoms with Crippen LogP contribution in [0.2, 0.25) is 0 Å². The third kappa shape index (κ3) is 3.38. The van der Waals surface area contributed by atoms with Gasteiger partial charge in [-0.2, -0.15) is 0 Å². The van der Waals surface area contributed by atoms with Crippen LogP contribution in [0.3, 0.4) is 0 Å². The summed E-state index contributed by atoms with van der Waals surface area (Å²) >= 11 is 1.30. The molecule has 0 saturated heterocycles. The monoisotopic (exact) mass is 343 g/mol. The van der Waals surface area contributed by atoms with Crippen LogP contribution in [0.5, 0.6) is 0 Å². The Labute approximate surface area is 143 Å². The van der Waals surface area contributed by atoms with Crippen LogP contribution in [0.25, 0.3) is 10.2 Å². The van der Waals surface area contributed by atoms with Crippen molar-refractivity contribution in [3.63, 3.8) is 0 Å². The molecule has 0 radical (unpaired) electrons. The average molecular weight is 343 g/mol. The minimum Gasteiger partial charge on any atom is -0.397 e. The number of pyridine rings is 1. The van der Waals surface area contributed by atoms with Gasteiger partial charge in [-0.1, -0.05) is 25.5 Å². The number of nitrogens with two attached hydrogens (primary N) is 1. The van der Waals surface area contributed by atoms with Crippen LogP contribution in [0.15, 0.2) is 36.4 Å². The number of anilines is 1. The Morgan fingerprint density at radius 3 is 2.71 bits per heavy atom. The third-order valence-electron chi connectivity index (χ3n) is 3.73. The van der Waals surface area contributed by atoms with Crippen molar-refractivity contribution >= 4 is 33.1 Å². The summed E-state index contributed by atoms with van der Waals surface area (Å²) < 4.78 is 12.9. The summed E-state index contributed by atoms with van der Waals surface area (Å²) in [5, 5.41) is 3.63. The Bertz CT molecular complexity index is 874. The Morgan fingerprint density at radius 2 is 2.00 bits per heavy atom. The number of carbonyl (C=O) groups excluding carboxylic acids is 1. The van der Waals surface area contributed by atoms with Crippen LogP contribution in [0.1, 0.15) is 34.3 Å². The smallest absolute Gasteiger partial charge is 0.263 e. The highest BCUT2D eigenvalue weighted by Crippen LogP contribution is 2.32. The van der Waals surface area contributed by atoms with Crippen LogP contribution >= 0.6 is 11.3 Å². The highest BCUT2D eigenvalue weighted by Gasteiger charge is 2.17.